The molecule has 44 valence electrons. The molecule has 0 bridgehead atoms. The van der Waals surface area contributed by atoms with E-state index in [2.05, 4.69) is 26.5 Å². The molecule has 1 aliphatic carbocycles. The van der Waals surface area contributed by atoms with Gasteiger partial charge in [-0.15, -0.1) is 0 Å². The van der Waals surface area contributed by atoms with E-state index in [4.69, 9.17) is 0 Å². The van der Waals surface area contributed by atoms with Crippen LogP contribution in [0.15, 0.2) is 23.8 Å². The summed E-state index contributed by atoms with van der Waals surface area (Å²) in [5.41, 5.74) is 2.77. The lowest BCUT2D eigenvalue weighted by Gasteiger charge is -1.99. The van der Waals surface area contributed by atoms with Gasteiger partial charge in [-0.2, -0.15) is 0 Å². The molecule has 0 saturated carbocycles. The van der Waals surface area contributed by atoms with Crippen LogP contribution in [0.25, 0.3) is 0 Å². The summed E-state index contributed by atoms with van der Waals surface area (Å²) < 4.78 is 0. The summed E-state index contributed by atoms with van der Waals surface area (Å²) in [6.45, 7) is 8.29. The van der Waals surface area contributed by atoms with Crippen LogP contribution in [-0.2, 0) is 0 Å². The molecule has 1 rings (SSSR count). The van der Waals surface area contributed by atoms with Crippen LogP contribution in [-0.4, -0.2) is 0 Å². The van der Waals surface area contributed by atoms with Crippen LogP contribution in [0, 0.1) is 5.92 Å². The molecule has 1 aliphatic rings. The van der Waals surface area contributed by atoms with Crippen molar-refractivity contribution in [3.05, 3.63) is 23.8 Å². The molecule has 0 radical (unpaired) electrons. The van der Waals surface area contributed by atoms with Crippen LogP contribution in [0.2, 0.25) is 0 Å². The maximum Gasteiger partial charge on any atom is -0.0191 e. The third-order valence-electron chi connectivity index (χ3n) is 1.78. The number of allylic oxidation sites excluding steroid dienone is 3. The van der Waals surface area contributed by atoms with Gasteiger partial charge >= 0.3 is 0 Å². The first-order valence-electron chi connectivity index (χ1n) is 3.06. The van der Waals surface area contributed by atoms with Gasteiger partial charge in [0.15, 0.2) is 0 Å². The first kappa shape index (κ1) is 5.61. The first-order chi connectivity index (χ1) is 3.70. The lowest BCUT2D eigenvalue weighted by molar-refractivity contribution is 0.716. The Morgan fingerprint density at radius 2 is 2.38 bits per heavy atom. The van der Waals surface area contributed by atoms with Crippen LogP contribution < -0.4 is 0 Å². The zero-order valence-corrected chi connectivity index (χ0v) is 5.57. The van der Waals surface area contributed by atoms with E-state index >= 15 is 0 Å². The van der Waals surface area contributed by atoms with Gasteiger partial charge in [0.25, 0.3) is 0 Å². The molecule has 0 spiro atoms. The number of hydrogen-bond donors (Lipinski definition) is 0. The van der Waals surface area contributed by atoms with Crippen molar-refractivity contribution >= 4 is 0 Å². The van der Waals surface area contributed by atoms with Crippen molar-refractivity contribution < 1.29 is 0 Å². The Morgan fingerprint density at radius 1 is 1.75 bits per heavy atom. The average molecular weight is 108 g/mol. The SMILES string of the molecule is C=C1C=C(C)C(C)C1. The minimum atomic E-state index is 0.752. The van der Waals surface area contributed by atoms with Gasteiger partial charge in [0, 0.05) is 0 Å². The quantitative estimate of drug-likeness (QED) is 0.447. The van der Waals surface area contributed by atoms with Crippen LogP contribution in [0.1, 0.15) is 20.3 Å². The molecule has 1 atom stereocenters. The highest BCUT2D eigenvalue weighted by atomic mass is 14.2. The molecular formula is C8H12. The summed E-state index contributed by atoms with van der Waals surface area (Å²) in [6.07, 6.45) is 3.36. The van der Waals surface area contributed by atoms with E-state index in [0.29, 0.717) is 0 Å². The molecule has 0 saturated heterocycles. The summed E-state index contributed by atoms with van der Waals surface area (Å²) in [6, 6.07) is 0. The van der Waals surface area contributed by atoms with Gasteiger partial charge in [-0.1, -0.05) is 30.7 Å². The van der Waals surface area contributed by atoms with Gasteiger partial charge < -0.3 is 0 Å². The molecule has 0 heteroatoms. The molecule has 0 fully saturated rings. The Bertz CT molecular complexity index is 140. The van der Waals surface area contributed by atoms with Crippen molar-refractivity contribution in [2.75, 3.05) is 0 Å². The van der Waals surface area contributed by atoms with Gasteiger partial charge in [0.05, 0.1) is 0 Å². The van der Waals surface area contributed by atoms with E-state index in [1.165, 1.54) is 17.6 Å². The van der Waals surface area contributed by atoms with Crippen molar-refractivity contribution in [1.29, 1.82) is 0 Å². The van der Waals surface area contributed by atoms with Gasteiger partial charge in [-0.25, -0.2) is 0 Å². The predicted molar refractivity (Wildman–Crippen MR) is 36.7 cm³/mol. The first-order valence-corrected chi connectivity index (χ1v) is 3.06. The molecule has 0 aromatic heterocycles. The second kappa shape index (κ2) is 1.77. The summed E-state index contributed by atoms with van der Waals surface area (Å²) >= 11 is 0. The molecule has 0 aliphatic heterocycles. The van der Waals surface area contributed by atoms with Crippen LogP contribution >= 0.6 is 0 Å². The Hall–Kier alpha value is -0.520. The summed E-state index contributed by atoms with van der Waals surface area (Å²) in [4.78, 5) is 0. The number of hydrogen-bond acceptors (Lipinski definition) is 0. The average Bonchev–Trinajstić information content (AvgIpc) is 1.85. The van der Waals surface area contributed by atoms with Crippen molar-refractivity contribution in [2.45, 2.75) is 20.3 Å². The fraction of sp³-hybridized carbons (Fsp3) is 0.500. The lowest BCUT2D eigenvalue weighted by atomic mass is 10.1. The Morgan fingerprint density at radius 3 is 2.50 bits per heavy atom. The normalized spacial score (nSPS) is 28.5. The Labute approximate surface area is 50.9 Å². The van der Waals surface area contributed by atoms with E-state index in [0.717, 1.165) is 5.92 Å². The van der Waals surface area contributed by atoms with Crippen molar-refractivity contribution in [3.63, 3.8) is 0 Å². The molecule has 0 amide bonds. The van der Waals surface area contributed by atoms with Crippen molar-refractivity contribution in [3.8, 4) is 0 Å². The summed E-state index contributed by atoms with van der Waals surface area (Å²) in [7, 11) is 0. The predicted octanol–water partition coefficient (Wildman–Crippen LogP) is 2.53. The highest BCUT2D eigenvalue weighted by Crippen LogP contribution is 2.27. The molecule has 8 heavy (non-hydrogen) atoms. The second-order valence-electron chi connectivity index (χ2n) is 2.65. The topological polar surface area (TPSA) is 0 Å². The van der Waals surface area contributed by atoms with Crippen LogP contribution in [0.4, 0.5) is 0 Å². The maximum atomic E-state index is 3.88. The van der Waals surface area contributed by atoms with Crippen LogP contribution in [0.5, 0.6) is 0 Å². The summed E-state index contributed by atoms with van der Waals surface area (Å²) in [5, 5.41) is 0. The van der Waals surface area contributed by atoms with Gasteiger partial charge in [0.1, 0.15) is 0 Å². The van der Waals surface area contributed by atoms with E-state index in [1.807, 2.05) is 0 Å². The Balaban J connectivity index is 2.73. The number of rotatable bonds is 0. The molecule has 0 aromatic carbocycles. The largest absolute Gasteiger partial charge is 0.0958 e. The third-order valence-corrected chi connectivity index (χ3v) is 1.78. The molecule has 0 aromatic rings. The fourth-order valence-electron chi connectivity index (χ4n) is 1.08. The minimum absolute atomic E-state index is 0.752. The van der Waals surface area contributed by atoms with Gasteiger partial charge in [-0.05, 0) is 19.3 Å². The molecule has 0 N–H and O–H groups in total. The Kier molecular flexibility index (Phi) is 1.24. The zero-order chi connectivity index (χ0) is 6.15. The zero-order valence-electron chi connectivity index (χ0n) is 5.57. The van der Waals surface area contributed by atoms with Gasteiger partial charge in [-0.3, -0.25) is 0 Å². The minimum Gasteiger partial charge on any atom is -0.0958 e. The van der Waals surface area contributed by atoms with Crippen LogP contribution in [0.3, 0.4) is 0 Å². The summed E-state index contributed by atoms with van der Waals surface area (Å²) in [5.74, 6) is 0.752. The lowest BCUT2D eigenvalue weighted by Crippen LogP contribution is -1.86. The standard InChI is InChI=1S/C8H12/c1-6-4-7(2)8(3)5-6/h4,8H,1,5H2,2-3H3. The van der Waals surface area contributed by atoms with E-state index in [1.54, 1.807) is 0 Å². The van der Waals surface area contributed by atoms with Gasteiger partial charge in [0.2, 0.25) is 0 Å². The third kappa shape index (κ3) is 0.835. The maximum absolute atomic E-state index is 3.88. The second-order valence-corrected chi connectivity index (χ2v) is 2.65. The van der Waals surface area contributed by atoms with Crippen molar-refractivity contribution in [2.24, 2.45) is 5.92 Å². The van der Waals surface area contributed by atoms with Crippen molar-refractivity contribution in [1.82, 2.24) is 0 Å². The smallest absolute Gasteiger partial charge is 0.0191 e. The fourth-order valence-corrected chi connectivity index (χ4v) is 1.08. The monoisotopic (exact) mass is 108 g/mol. The molecule has 0 nitrogen and oxygen atoms in total. The highest BCUT2D eigenvalue weighted by molar-refractivity contribution is 5.28. The van der Waals surface area contributed by atoms with E-state index < -0.39 is 0 Å². The molecule has 1 unspecified atom stereocenters. The van der Waals surface area contributed by atoms with E-state index in [-0.39, 0.29) is 0 Å². The highest BCUT2D eigenvalue weighted by Gasteiger charge is 2.11. The molecular weight excluding hydrogens is 96.1 g/mol. The van der Waals surface area contributed by atoms with E-state index in [9.17, 15) is 0 Å². The molecule has 0 heterocycles.